The minimum atomic E-state index is 0.103. The highest BCUT2D eigenvalue weighted by molar-refractivity contribution is 7.13. The van der Waals surface area contributed by atoms with E-state index >= 15 is 0 Å². The first kappa shape index (κ1) is 14.7. The van der Waals surface area contributed by atoms with Gasteiger partial charge < -0.3 is 5.32 Å². The van der Waals surface area contributed by atoms with E-state index in [1.165, 1.54) is 0 Å². The fourth-order valence-corrected chi connectivity index (χ4v) is 2.80. The third kappa shape index (κ3) is 3.63. The van der Waals surface area contributed by atoms with Gasteiger partial charge in [-0.25, -0.2) is 4.98 Å². The molecule has 0 spiro atoms. The predicted molar refractivity (Wildman–Crippen MR) is 81.3 cm³/mol. The van der Waals surface area contributed by atoms with E-state index in [0.29, 0.717) is 6.54 Å². The maximum Gasteiger partial charge on any atom is 0.223 e. The number of rotatable bonds is 6. The summed E-state index contributed by atoms with van der Waals surface area (Å²) < 4.78 is 0. The normalized spacial score (nSPS) is 10.8. The van der Waals surface area contributed by atoms with E-state index in [9.17, 15) is 4.79 Å². The van der Waals surface area contributed by atoms with Crippen molar-refractivity contribution >= 4 is 17.2 Å². The van der Waals surface area contributed by atoms with Gasteiger partial charge in [0, 0.05) is 29.3 Å². The van der Waals surface area contributed by atoms with E-state index in [-0.39, 0.29) is 11.8 Å². The number of amides is 1. The molecule has 1 amide bonds. The zero-order valence-corrected chi connectivity index (χ0v) is 12.6. The lowest BCUT2D eigenvalue weighted by Crippen LogP contribution is -2.29. The molecular weight excluding hydrogens is 270 g/mol. The van der Waals surface area contributed by atoms with E-state index < -0.39 is 0 Å². The number of carbonyl (C=O) groups is 1. The van der Waals surface area contributed by atoms with Crippen LogP contribution in [0.2, 0.25) is 0 Å². The van der Waals surface area contributed by atoms with Gasteiger partial charge >= 0.3 is 0 Å². The lowest BCUT2D eigenvalue weighted by atomic mass is 10.0. The van der Waals surface area contributed by atoms with Crippen LogP contribution >= 0.6 is 11.3 Å². The Kier molecular flexibility index (Phi) is 5.24. The summed E-state index contributed by atoms with van der Waals surface area (Å²) in [5, 5.41) is 5.87. The predicted octanol–water partition coefficient (Wildman–Crippen LogP) is 3.26. The first-order chi connectivity index (χ1) is 9.74. The summed E-state index contributed by atoms with van der Waals surface area (Å²) >= 11 is 1.57. The number of nitrogens with zero attached hydrogens (tertiary/aromatic N) is 2. The molecule has 5 heteroatoms. The van der Waals surface area contributed by atoms with Gasteiger partial charge in [0.25, 0.3) is 0 Å². The van der Waals surface area contributed by atoms with Crippen molar-refractivity contribution in [3.63, 3.8) is 0 Å². The van der Waals surface area contributed by atoms with Gasteiger partial charge in [0.05, 0.1) is 12.2 Å². The van der Waals surface area contributed by atoms with Crippen LogP contribution in [-0.2, 0) is 11.3 Å². The Hall–Kier alpha value is -1.75. The van der Waals surface area contributed by atoms with Crippen LogP contribution in [0, 0.1) is 5.92 Å². The monoisotopic (exact) mass is 289 g/mol. The SMILES string of the molecule is CCC(CC)C(=O)NCc1csc(-c2cccnc2)n1. The maximum atomic E-state index is 11.9. The molecule has 0 aliphatic rings. The molecule has 0 atom stereocenters. The number of aromatic nitrogens is 2. The molecule has 0 aliphatic carbocycles. The second-order valence-electron chi connectivity index (χ2n) is 4.62. The van der Waals surface area contributed by atoms with E-state index in [2.05, 4.69) is 15.3 Å². The van der Waals surface area contributed by atoms with Gasteiger partial charge in [-0.2, -0.15) is 0 Å². The van der Waals surface area contributed by atoms with E-state index in [1.54, 1.807) is 23.7 Å². The van der Waals surface area contributed by atoms with E-state index in [0.717, 1.165) is 29.1 Å². The fourth-order valence-electron chi connectivity index (χ4n) is 1.99. The summed E-state index contributed by atoms with van der Waals surface area (Å²) in [6.45, 7) is 4.57. The minimum Gasteiger partial charge on any atom is -0.350 e. The molecule has 0 saturated carbocycles. The lowest BCUT2D eigenvalue weighted by Gasteiger charge is -2.11. The molecule has 0 aromatic carbocycles. The van der Waals surface area contributed by atoms with Crippen molar-refractivity contribution in [2.24, 2.45) is 5.92 Å². The summed E-state index contributed by atoms with van der Waals surface area (Å²) in [6, 6.07) is 3.88. The summed E-state index contributed by atoms with van der Waals surface area (Å²) in [5.74, 6) is 0.220. The van der Waals surface area contributed by atoms with Crippen LogP contribution < -0.4 is 5.32 Å². The van der Waals surface area contributed by atoms with Gasteiger partial charge in [0.15, 0.2) is 0 Å². The highest BCUT2D eigenvalue weighted by atomic mass is 32.1. The number of nitrogens with one attached hydrogen (secondary N) is 1. The lowest BCUT2D eigenvalue weighted by molar-refractivity contribution is -0.125. The van der Waals surface area contributed by atoms with E-state index in [4.69, 9.17) is 0 Å². The number of hydrogen-bond acceptors (Lipinski definition) is 4. The molecule has 0 saturated heterocycles. The van der Waals surface area contributed by atoms with Crippen molar-refractivity contribution in [3.05, 3.63) is 35.6 Å². The van der Waals surface area contributed by atoms with Crippen LogP contribution in [-0.4, -0.2) is 15.9 Å². The molecule has 0 aliphatic heterocycles. The van der Waals surface area contributed by atoms with Crippen LogP contribution in [0.15, 0.2) is 29.9 Å². The summed E-state index contributed by atoms with van der Waals surface area (Å²) in [6.07, 6.45) is 5.29. The van der Waals surface area contributed by atoms with Gasteiger partial charge in [-0.15, -0.1) is 11.3 Å². The Morgan fingerprint density at radius 2 is 2.20 bits per heavy atom. The van der Waals surface area contributed by atoms with Crippen molar-refractivity contribution in [1.29, 1.82) is 0 Å². The second-order valence-corrected chi connectivity index (χ2v) is 5.48. The maximum absolute atomic E-state index is 11.9. The molecular formula is C15H19N3OS. The second kappa shape index (κ2) is 7.14. The first-order valence-corrected chi connectivity index (χ1v) is 7.75. The zero-order chi connectivity index (χ0) is 14.4. The van der Waals surface area contributed by atoms with Crippen molar-refractivity contribution in [2.75, 3.05) is 0 Å². The topological polar surface area (TPSA) is 54.9 Å². The highest BCUT2D eigenvalue weighted by Gasteiger charge is 2.14. The van der Waals surface area contributed by atoms with Crippen LogP contribution in [0.5, 0.6) is 0 Å². The van der Waals surface area contributed by atoms with Crippen molar-refractivity contribution in [3.8, 4) is 10.6 Å². The summed E-state index contributed by atoms with van der Waals surface area (Å²) in [5.41, 5.74) is 1.91. The van der Waals surface area contributed by atoms with Gasteiger partial charge in [-0.05, 0) is 25.0 Å². The van der Waals surface area contributed by atoms with Gasteiger partial charge in [-0.3, -0.25) is 9.78 Å². The van der Waals surface area contributed by atoms with Gasteiger partial charge in [0.1, 0.15) is 5.01 Å². The largest absolute Gasteiger partial charge is 0.350 e. The average molecular weight is 289 g/mol. The van der Waals surface area contributed by atoms with E-state index in [1.807, 2.05) is 31.4 Å². The van der Waals surface area contributed by atoms with Crippen LogP contribution in [0.3, 0.4) is 0 Å². The average Bonchev–Trinajstić information content (AvgIpc) is 2.96. The molecule has 0 bridgehead atoms. The number of thiazole rings is 1. The fraction of sp³-hybridized carbons (Fsp3) is 0.400. The quantitative estimate of drug-likeness (QED) is 0.888. The van der Waals surface area contributed by atoms with Crippen LogP contribution in [0.25, 0.3) is 10.6 Å². The molecule has 2 heterocycles. The molecule has 0 fully saturated rings. The minimum absolute atomic E-state index is 0.103. The Balaban J connectivity index is 1.95. The Bertz CT molecular complexity index is 549. The molecule has 2 aromatic heterocycles. The first-order valence-electron chi connectivity index (χ1n) is 6.87. The molecule has 0 radical (unpaired) electrons. The number of pyridine rings is 1. The Morgan fingerprint density at radius 3 is 2.85 bits per heavy atom. The van der Waals surface area contributed by atoms with Gasteiger partial charge in [-0.1, -0.05) is 13.8 Å². The Morgan fingerprint density at radius 1 is 1.40 bits per heavy atom. The molecule has 2 aromatic rings. The molecule has 106 valence electrons. The molecule has 2 rings (SSSR count). The zero-order valence-electron chi connectivity index (χ0n) is 11.8. The standard InChI is InChI=1S/C15H19N3OS/c1-3-11(4-2)14(19)17-9-13-10-20-15(18-13)12-6-5-7-16-8-12/h5-8,10-11H,3-4,9H2,1-2H3,(H,17,19). The molecule has 4 nitrogen and oxygen atoms in total. The number of hydrogen-bond donors (Lipinski definition) is 1. The summed E-state index contributed by atoms with van der Waals surface area (Å²) in [4.78, 5) is 20.5. The third-order valence-corrected chi connectivity index (χ3v) is 4.20. The molecule has 20 heavy (non-hydrogen) atoms. The Labute approximate surface area is 123 Å². The van der Waals surface area contributed by atoms with Crippen LogP contribution in [0.4, 0.5) is 0 Å². The summed E-state index contributed by atoms with van der Waals surface area (Å²) in [7, 11) is 0. The number of carbonyl (C=O) groups excluding carboxylic acids is 1. The molecule has 0 unspecified atom stereocenters. The smallest absolute Gasteiger partial charge is 0.223 e. The van der Waals surface area contributed by atoms with Crippen molar-refractivity contribution in [1.82, 2.24) is 15.3 Å². The van der Waals surface area contributed by atoms with Crippen molar-refractivity contribution in [2.45, 2.75) is 33.2 Å². The van der Waals surface area contributed by atoms with Crippen LogP contribution in [0.1, 0.15) is 32.4 Å². The highest BCUT2D eigenvalue weighted by Crippen LogP contribution is 2.22. The third-order valence-electron chi connectivity index (χ3n) is 3.26. The van der Waals surface area contributed by atoms with Gasteiger partial charge in [0.2, 0.25) is 5.91 Å². The molecule has 1 N–H and O–H groups in total. The van der Waals surface area contributed by atoms with Crippen molar-refractivity contribution < 1.29 is 4.79 Å².